The molecule has 0 saturated heterocycles. The van der Waals surface area contributed by atoms with Crippen molar-refractivity contribution in [2.24, 2.45) is 0 Å². The van der Waals surface area contributed by atoms with Crippen molar-refractivity contribution in [3.63, 3.8) is 0 Å². The van der Waals surface area contributed by atoms with E-state index in [0.29, 0.717) is 11.6 Å². The minimum absolute atomic E-state index is 0.0123. The molecule has 0 radical (unpaired) electrons. The van der Waals surface area contributed by atoms with Crippen LogP contribution in [0.5, 0.6) is 0 Å². The second kappa shape index (κ2) is 11.6. The lowest BCUT2D eigenvalue weighted by Gasteiger charge is -2.42. The Labute approximate surface area is 280 Å². The lowest BCUT2D eigenvalue weighted by Crippen LogP contribution is -2.44. The van der Waals surface area contributed by atoms with Crippen molar-refractivity contribution < 1.29 is 0 Å². The van der Waals surface area contributed by atoms with Crippen LogP contribution in [-0.4, -0.2) is 19.5 Å². The maximum Gasteiger partial charge on any atom is 0.258 e. The molecule has 2 aromatic carbocycles. The third-order valence-electron chi connectivity index (χ3n) is 12.4. The number of fused-ring (bicyclic) bond motifs is 8. The zero-order valence-electron chi connectivity index (χ0n) is 27.3. The fraction of sp³-hybridized carbons (Fsp3) is 0.500. The van der Waals surface area contributed by atoms with E-state index in [9.17, 15) is 9.59 Å². The number of rotatable bonds is 4. The largest absolute Gasteiger partial charge is 0.310 e. The van der Waals surface area contributed by atoms with Crippen molar-refractivity contribution in [3.05, 3.63) is 97.3 Å². The van der Waals surface area contributed by atoms with E-state index in [1.807, 2.05) is 0 Å². The predicted molar refractivity (Wildman–Crippen MR) is 188 cm³/mol. The molecule has 7 heteroatoms. The van der Waals surface area contributed by atoms with Crippen LogP contribution in [0.3, 0.4) is 0 Å². The Balaban J connectivity index is 1.16. The van der Waals surface area contributed by atoms with Gasteiger partial charge < -0.3 is 4.98 Å². The highest BCUT2D eigenvalue weighted by atomic mass is 32.2. The molecule has 9 rings (SSSR count). The molecule has 0 amide bonds. The number of aromatic amines is 1. The molecule has 5 aliphatic carbocycles. The van der Waals surface area contributed by atoms with E-state index in [4.69, 9.17) is 9.97 Å². The minimum atomic E-state index is -0.124. The van der Waals surface area contributed by atoms with E-state index in [1.54, 1.807) is 11.8 Å². The lowest BCUT2D eigenvalue weighted by molar-refractivity contribution is 0.273. The van der Waals surface area contributed by atoms with Crippen molar-refractivity contribution in [1.29, 1.82) is 0 Å². The molecule has 5 aliphatic rings. The summed E-state index contributed by atoms with van der Waals surface area (Å²) in [5, 5.41) is 0.774. The smallest absolute Gasteiger partial charge is 0.258 e. The van der Waals surface area contributed by atoms with Gasteiger partial charge >= 0.3 is 0 Å². The van der Waals surface area contributed by atoms with Gasteiger partial charge in [-0.05, 0) is 62.5 Å². The van der Waals surface area contributed by atoms with Crippen molar-refractivity contribution in [2.75, 3.05) is 0 Å². The first-order valence-corrected chi connectivity index (χ1v) is 19.1. The van der Waals surface area contributed by atoms with Crippen molar-refractivity contribution >= 4 is 11.8 Å². The molecule has 3 fully saturated rings. The van der Waals surface area contributed by atoms with Gasteiger partial charge in [-0.25, -0.2) is 9.97 Å². The number of nitrogens with one attached hydrogen (secondary N) is 1. The van der Waals surface area contributed by atoms with Crippen LogP contribution in [0.25, 0.3) is 22.5 Å². The first kappa shape index (κ1) is 29.7. The number of benzene rings is 2. The highest BCUT2D eigenvalue weighted by Gasteiger charge is 2.45. The molecule has 2 heterocycles. The van der Waals surface area contributed by atoms with E-state index in [0.717, 1.165) is 116 Å². The summed E-state index contributed by atoms with van der Waals surface area (Å²) >= 11 is 1.57. The van der Waals surface area contributed by atoms with Gasteiger partial charge in [-0.3, -0.25) is 14.2 Å². The summed E-state index contributed by atoms with van der Waals surface area (Å²) in [5.74, 6) is 1.12. The van der Waals surface area contributed by atoms with E-state index >= 15 is 0 Å². The zero-order chi connectivity index (χ0) is 31.6. The maximum atomic E-state index is 15.0. The second-order valence-corrected chi connectivity index (χ2v) is 16.0. The summed E-state index contributed by atoms with van der Waals surface area (Å²) in [6.45, 7) is 0. The van der Waals surface area contributed by atoms with Crippen LogP contribution in [0, 0.1) is 0 Å². The number of aromatic nitrogens is 4. The zero-order valence-corrected chi connectivity index (χ0v) is 28.1. The van der Waals surface area contributed by atoms with Gasteiger partial charge in [0.2, 0.25) is 0 Å². The Bertz CT molecular complexity index is 1980. The maximum absolute atomic E-state index is 15.0. The van der Waals surface area contributed by atoms with Gasteiger partial charge in [0.25, 0.3) is 11.1 Å². The SMILES string of the molecule is O=c1[nH]c(CSc2nc3c(c(=O)n2C2CCCCC2)C2(CCCCC2)Cc2ccccc2-3)nc2c1C1(CCCC1)Cc1ccccc1-2. The summed E-state index contributed by atoms with van der Waals surface area (Å²) in [4.78, 5) is 42.9. The van der Waals surface area contributed by atoms with Gasteiger partial charge in [-0.15, -0.1) is 0 Å². The average molecular weight is 645 g/mol. The molecule has 242 valence electrons. The van der Waals surface area contributed by atoms with Crippen LogP contribution >= 0.6 is 11.8 Å². The Morgan fingerprint density at radius 2 is 1.26 bits per heavy atom. The molecule has 6 nitrogen and oxygen atoms in total. The van der Waals surface area contributed by atoms with Gasteiger partial charge in [0.1, 0.15) is 5.82 Å². The van der Waals surface area contributed by atoms with Gasteiger partial charge in [-0.2, -0.15) is 0 Å². The Morgan fingerprint density at radius 3 is 1.91 bits per heavy atom. The second-order valence-electron chi connectivity index (χ2n) is 15.1. The molecule has 2 spiro atoms. The number of nitrogens with zero attached hydrogens (tertiary/aromatic N) is 3. The predicted octanol–water partition coefficient (Wildman–Crippen LogP) is 8.58. The molecule has 0 unspecified atom stereocenters. The molecular weight excluding hydrogens is 601 g/mol. The number of hydrogen-bond acceptors (Lipinski definition) is 5. The van der Waals surface area contributed by atoms with E-state index in [-0.39, 0.29) is 28.0 Å². The third-order valence-corrected chi connectivity index (χ3v) is 13.3. The average Bonchev–Trinajstić information content (AvgIpc) is 3.56. The first-order valence-electron chi connectivity index (χ1n) is 18.2. The molecule has 0 aliphatic heterocycles. The summed E-state index contributed by atoms with van der Waals surface area (Å²) < 4.78 is 2.09. The topological polar surface area (TPSA) is 80.6 Å². The van der Waals surface area contributed by atoms with Crippen LogP contribution in [0.2, 0.25) is 0 Å². The van der Waals surface area contributed by atoms with Gasteiger partial charge in [0, 0.05) is 28.0 Å². The van der Waals surface area contributed by atoms with Gasteiger partial charge in [0.05, 0.1) is 28.3 Å². The molecule has 1 N–H and O–H groups in total. The van der Waals surface area contributed by atoms with Crippen LogP contribution in [0.1, 0.15) is 124 Å². The van der Waals surface area contributed by atoms with Crippen LogP contribution in [0.4, 0.5) is 0 Å². The van der Waals surface area contributed by atoms with Crippen molar-refractivity contribution in [2.45, 2.75) is 131 Å². The molecule has 2 aromatic heterocycles. The fourth-order valence-corrected chi connectivity index (χ4v) is 11.1. The molecule has 47 heavy (non-hydrogen) atoms. The Kier molecular flexibility index (Phi) is 7.33. The molecule has 3 saturated carbocycles. The van der Waals surface area contributed by atoms with Gasteiger partial charge in [-0.1, -0.05) is 112 Å². The van der Waals surface area contributed by atoms with Gasteiger partial charge in [0.15, 0.2) is 5.16 Å². The summed E-state index contributed by atoms with van der Waals surface area (Å²) in [7, 11) is 0. The Morgan fingerprint density at radius 1 is 0.702 bits per heavy atom. The summed E-state index contributed by atoms with van der Waals surface area (Å²) in [5.41, 5.74) is 8.43. The van der Waals surface area contributed by atoms with E-state index in [2.05, 4.69) is 58.1 Å². The molecule has 4 aromatic rings. The molecule has 0 bridgehead atoms. The standard InChI is InChI=1S/C40H44N4O2S/c45-36-32-34(29-17-7-5-13-26(29)23-39(32)21-11-12-22-39)41-31(42-36)25-47-38-43-35-30-18-8-6-14-27(30)24-40(19-9-2-10-20-40)33(35)37(46)44(38)28-15-3-1-4-16-28/h5-8,13-14,17-18,28H,1-4,9-12,15-16,19-25H2,(H,41,42,45). The van der Waals surface area contributed by atoms with Crippen LogP contribution in [0.15, 0.2) is 63.3 Å². The summed E-state index contributed by atoms with van der Waals surface area (Å²) in [6.07, 6.45) is 17.5. The lowest BCUT2D eigenvalue weighted by atomic mass is 9.62. The quantitative estimate of drug-likeness (QED) is 0.178. The normalized spacial score (nSPS) is 20.9. The number of H-pyrrole nitrogens is 1. The highest BCUT2D eigenvalue weighted by Crippen LogP contribution is 2.51. The van der Waals surface area contributed by atoms with Crippen molar-refractivity contribution in [1.82, 2.24) is 19.5 Å². The van der Waals surface area contributed by atoms with Crippen LogP contribution in [-0.2, 0) is 29.4 Å². The monoisotopic (exact) mass is 644 g/mol. The summed E-state index contributed by atoms with van der Waals surface area (Å²) in [6, 6.07) is 17.3. The highest BCUT2D eigenvalue weighted by molar-refractivity contribution is 7.98. The van der Waals surface area contributed by atoms with Crippen LogP contribution < -0.4 is 11.1 Å². The third kappa shape index (κ3) is 4.81. The number of hydrogen-bond donors (Lipinski definition) is 1. The van der Waals surface area contributed by atoms with E-state index in [1.165, 1.54) is 36.8 Å². The fourth-order valence-electron chi connectivity index (χ4n) is 10.2. The van der Waals surface area contributed by atoms with E-state index < -0.39 is 0 Å². The molecule has 0 atom stereocenters. The first-order chi connectivity index (χ1) is 23.1. The molecular formula is C40H44N4O2S. The minimum Gasteiger partial charge on any atom is -0.310 e. The Hall–Kier alpha value is -3.45. The van der Waals surface area contributed by atoms with Crippen molar-refractivity contribution in [3.8, 4) is 22.5 Å². The number of thioether (sulfide) groups is 1.